The normalized spacial score (nSPS) is 15.2. The lowest BCUT2D eigenvalue weighted by Gasteiger charge is -2.09. The standard InChI is InChI=1S/C8H15NO3/c1-3-5(2)7(10)4-6(9)8(11)12/h5-6H,3-4,9H2,1-2H3,(H,11,12)/t5?,6-/m0/s1. The first-order valence-corrected chi connectivity index (χ1v) is 4.00. The summed E-state index contributed by atoms with van der Waals surface area (Å²) in [6.45, 7) is 3.66. The molecule has 2 atom stereocenters. The molecule has 0 aliphatic heterocycles. The van der Waals surface area contributed by atoms with Crippen molar-refractivity contribution in [2.75, 3.05) is 0 Å². The summed E-state index contributed by atoms with van der Waals surface area (Å²) in [5.41, 5.74) is 5.19. The molecule has 1 unspecified atom stereocenters. The fraction of sp³-hybridized carbons (Fsp3) is 0.750. The van der Waals surface area contributed by atoms with Crippen molar-refractivity contribution in [3.05, 3.63) is 0 Å². The maximum absolute atomic E-state index is 11.1. The molecule has 12 heavy (non-hydrogen) atoms. The number of hydrogen-bond donors (Lipinski definition) is 2. The average Bonchev–Trinajstić information content (AvgIpc) is 2.02. The summed E-state index contributed by atoms with van der Waals surface area (Å²) in [5.74, 6) is -1.28. The third kappa shape index (κ3) is 3.48. The molecule has 0 radical (unpaired) electrons. The molecule has 0 aromatic heterocycles. The van der Waals surface area contributed by atoms with Crippen molar-refractivity contribution in [3.63, 3.8) is 0 Å². The number of carboxylic acid groups (broad SMARTS) is 1. The third-order valence-corrected chi connectivity index (χ3v) is 1.90. The molecule has 70 valence electrons. The Bertz CT molecular complexity index is 179. The van der Waals surface area contributed by atoms with E-state index in [0.717, 1.165) is 6.42 Å². The summed E-state index contributed by atoms with van der Waals surface area (Å²) in [6, 6.07) is -1.05. The number of ketones is 1. The Morgan fingerprint density at radius 1 is 1.50 bits per heavy atom. The van der Waals surface area contributed by atoms with Gasteiger partial charge < -0.3 is 10.8 Å². The van der Waals surface area contributed by atoms with Crippen LogP contribution in [0.15, 0.2) is 0 Å². The second kappa shape index (κ2) is 4.87. The smallest absolute Gasteiger partial charge is 0.320 e. The number of carboxylic acids is 1. The summed E-state index contributed by atoms with van der Waals surface area (Å²) in [5, 5.41) is 8.41. The van der Waals surface area contributed by atoms with Crippen molar-refractivity contribution in [2.24, 2.45) is 11.7 Å². The van der Waals surface area contributed by atoms with Gasteiger partial charge >= 0.3 is 5.97 Å². The van der Waals surface area contributed by atoms with Gasteiger partial charge in [-0.1, -0.05) is 13.8 Å². The van der Waals surface area contributed by atoms with Crippen LogP contribution in [0.5, 0.6) is 0 Å². The maximum atomic E-state index is 11.1. The summed E-state index contributed by atoms with van der Waals surface area (Å²) < 4.78 is 0. The molecule has 0 saturated carbocycles. The number of Topliss-reactive ketones (excluding diaryl/α,β-unsaturated/α-hetero) is 1. The molecule has 0 aliphatic carbocycles. The van der Waals surface area contributed by atoms with E-state index in [1.807, 2.05) is 6.92 Å². The molecule has 0 spiro atoms. The van der Waals surface area contributed by atoms with Gasteiger partial charge in [-0.25, -0.2) is 0 Å². The van der Waals surface area contributed by atoms with E-state index in [2.05, 4.69) is 0 Å². The van der Waals surface area contributed by atoms with Crippen molar-refractivity contribution < 1.29 is 14.7 Å². The van der Waals surface area contributed by atoms with Gasteiger partial charge in [-0.15, -0.1) is 0 Å². The van der Waals surface area contributed by atoms with E-state index in [0.29, 0.717) is 0 Å². The highest BCUT2D eigenvalue weighted by atomic mass is 16.4. The Balaban J connectivity index is 3.92. The monoisotopic (exact) mass is 173 g/mol. The van der Waals surface area contributed by atoms with Crippen molar-refractivity contribution in [3.8, 4) is 0 Å². The van der Waals surface area contributed by atoms with Gasteiger partial charge in [0.2, 0.25) is 0 Å². The highest BCUT2D eigenvalue weighted by Crippen LogP contribution is 2.06. The Morgan fingerprint density at radius 3 is 2.33 bits per heavy atom. The van der Waals surface area contributed by atoms with Crippen LogP contribution in [0.2, 0.25) is 0 Å². The van der Waals surface area contributed by atoms with Gasteiger partial charge in [0.05, 0.1) is 0 Å². The van der Waals surface area contributed by atoms with E-state index < -0.39 is 12.0 Å². The molecule has 0 fully saturated rings. The number of nitrogens with two attached hydrogens (primary N) is 1. The predicted molar refractivity (Wildman–Crippen MR) is 44.7 cm³/mol. The summed E-state index contributed by atoms with van der Waals surface area (Å²) in [6.07, 6.45) is 0.662. The number of hydrogen-bond acceptors (Lipinski definition) is 3. The van der Waals surface area contributed by atoms with Gasteiger partial charge in [0.1, 0.15) is 11.8 Å². The van der Waals surface area contributed by atoms with Crippen LogP contribution in [-0.4, -0.2) is 22.9 Å². The highest BCUT2D eigenvalue weighted by molar-refractivity contribution is 5.86. The average molecular weight is 173 g/mol. The molecule has 0 rings (SSSR count). The second-order valence-corrected chi connectivity index (χ2v) is 2.92. The molecule has 0 amide bonds. The minimum atomic E-state index is -1.12. The van der Waals surface area contributed by atoms with Crippen molar-refractivity contribution >= 4 is 11.8 Å². The summed E-state index contributed by atoms with van der Waals surface area (Å²) in [4.78, 5) is 21.4. The van der Waals surface area contributed by atoms with E-state index >= 15 is 0 Å². The van der Waals surface area contributed by atoms with E-state index in [9.17, 15) is 9.59 Å². The first-order valence-electron chi connectivity index (χ1n) is 4.00. The van der Waals surface area contributed by atoms with Crippen LogP contribution in [0.25, 0.3) is 0 Å². The van der Waals surface area contributed by atoms with Crippen LogP contribution < -0.4 is 5.73 Å². The van der Waals surface area contributed by atoms with Crippen molar-refractivity contribution in [2.45, 2.75) is 32.7 Å². The fourth-order valence-corrected chi connectivity index (χ4v) is 0.733. The topological polar surface area (TPSA) is 80.4 Å². The molecule has 0 aliphatic rings. The van der Waals surface area contributed by atoms with E-state index in [-0.39, 0.29) is 18.1 Å². The van der Waals surface area contributed by atoms with Gasteiger partial charge in [-0.3, -0.25) is 9.59 Å². The Labute approximate surface area is 71.8 Å². The molecule has 0 aromatic rings. The van der Waals surface area contributed by atoms with Gasteiger partial charge in [0.25, 0.3) is 0 Å². The van der Waals surface area contributed by atoms with Crippen LogP contribution >= 0.6 is 0 Å². The molecular weight excluding hydrogens is 158 g/mol. The fourth-order valence-electron chi connectivity index (χ4n) is 0.733. The zero-order chi connectivity index (χ0) is 9.72. The van der Waals surface area contributed by atoms with E-state index in [4.69, 9.17) is 10.8 Å². The quantitative estimate of drug-likeness (QED) is 0.630. The zero-order valence-corrected chi connectivity index (χ0v) is 7.41. The number of carbonyl (C=O) groups is 2. The largest absolute Gasteiger partial charge is 0.480 e. The second-order valence-electron chi connectivity index (χ2n) is 2.92. The van der Waals surface area contributed by atoms with Gasteiger partial charge in [0, 0.05) is 12.3 Å². The lowest BCUT2D eigenvalue weighted by molar-refractivity contribution is -0.140. The number of rotatable bonds is 5. The van der Waals surface area contributed by atoms with Gasteiger partial charge in [-0.2, -0.15) is 0 Å². The molecule has 0 aromatic carbocycles. The first kappa shape index (κ1) is 11.1. The molecule has 0 heterocycles. The molecular formula is C8H15NO3. The lowest BCUT2D eigenvalue weighted by Crippen LogP contribution is -2.33. The SMILES string of the molecule is CCC(C)C(=O)C[C@H](N)C(=O)O. The maximum Gasteiger partial charge on any atom is 0.320 e. The Kier molecular flexibility index (Phi) is 4.51. The first-order chi connectivity index (χ1) is 5.49. The van der Waals surface area contributed by atoms with Crippen LogP contribution in [-0.2, 0) is 9.59 Å². The Hall–Kier alpha value is -0.900. The zero-order valence-electron chi connectivity index (χ0n) is 7.41. The minimum absolute atomic E-state index is 0.0651. The van der Waals surface area contributed by atoms with Crippen LogP contribution in [0, 0.1) is 5.92 Å². The molecule has 0 saturated heterocycles. The third-order valence-electron chi connectivity index (χ3n) is 1.90. The van der Waals surface area contributed by atoms with Gasteiger partial charge in [-0.05, 0) is 6.42 Å². The van der Waals surface area contributed by atoms with E-state index in [1.54, 1.807) is 6.92 Å². The minimum Gasteiger partial charge on any atom is -0.480 e. The number of aliphatic carboxylic acids is 1. The van der Waals surface area contributed by atoms with Crippen molar-refractivity contribution in [1.29, 1.82) is 0 Å². The lowest BCUT2D eigenvalue weighted by atomic mass is 9.98. The van der Waals surface area contributed by atoms with Crippen LogP contribution in [0.4, 0.5) is 0 Å². The highest BCUT2D eigenvalue weighted by Gasteiger charge is 2.19. The Morgan fingerprint density at radius 2 is 2.00 bits per heavy atom. The number of carbonyl (C=O) groups excluding carboxylic acids is 1. The molecule has 0 bridgehead atoms. The van der Waals surface area contributed by atoms with Gasteiger partial charge in [0.15, 0.2) is 0 Å². The predicted octanol–water partition coefficient (Wildman–Crippen LogP) is 0.404. The summed E-state index contributed by atoms with van der Waals surface area (Å²) >= 11 is 0. The molecule has 4 heteroatoms. The van der Waals surface area contributed by atoms with Crippen LogP contribution in [0.1, 0.15) is 26.7 Å². The van der Waals surface area contributed by atoms with Crippen molar-refractivity contribution in [1.82, 2.24) is 0 Å². The van der Waals surface area contributed by atoms with E-state index in [1.165, 1.54) is 0 Å². The summed E-state index contributed by atoms with van der Waals surface area (Å²) in [7, 11) is 0. The van der Waals surface area contributed by atoms with Crippen LogP contribution in [0.3, 0.4) is 0 Å². The molecule has 3 N–H and O–H groups in total. The molecule has 4 nitrogen and oxygen atoms in total.